The summed E-state index contributed by atoms with van der Waals surface area (Å²) in [6.07, 6.45) is 7.18. The fourth-order valence-electron chi connectivity index (χ4n) is 4.59. The summed E-state index contributed by atoms with van der Waals surface area (Å²) in [7, 11) is 2.26. The van der Waals surface area contributed by atoms with Crippen LogP contribution in [0.15, 0.2) is 0 Å². The zero-order valence-electron chi connectivity index (χ0n) is 14.5. The van der Waals surface area contributed by atoms with Crippen molar-refractivity contribution in [3.05, 3.63) is 0 Å². The quantitative estimate of drug-likeness (QED) is 0.771. The summed E-state index contributed by atoms with van der Waals surface area (Å²) in [4.78, 5) is 8.03. The minimum absolute atomic E-state index is 0.712. The lowest BCUT2D eigenvalue weighted by molar-refractivity contribution is 0.0545. The van der Waals surface area contributed by atoms with Gasteiger partial charge in [-0.1, -0.05) is 13.8 Å². The maximum atomic E-state index is 2.78. The van der Waals surface area contributed by atoms with Crippen LogP contribution in [0.5, 0.6) is 0 Å². The zero-order chi connectivity index (χ0) is 14.9. The number of rotatable bonds is 5. The third kappa shape index (κ3) is 4.20. The molecule has 0 amide bonds. The first-order valence-electron chi connectivity index (χ1n) is 9.21. The molecule has 1 aliphatic carbocycles. The maximum Gasteiger partial charge on any atom is 0.0121 e. The molecule has 3 nitrogen and oxygen atoms in total. The highest BCUT2D eigenvalue weighted by molar-refractivity contribution is 4.97. The Labute approximate surface area is 131 Å². The van der Waals surface area contributed by atoms with Crippen molar-refractivity contribution in [2.24, 2.45) is 11.3 Å². The highest BCUT2D eigenvalue weighted by atomic mass is 15.3. The van der Waals surface area contributed by atoms with E-state index in [1.165, 1.54) is 77.9 Å². The summed E-state index contributed by atoms with van der Waals surface area (Å²) < 4.78 is 0. The standard InChI is InChI=1S/C18H35N3/c1-16(2)14-18(6-7-18)15-20-10-12-21(13-11-20)17-4-8-19(3)9-5-17/h16-17H,4-15H2,1-3H3. The first kappa shape index (κ1) is 15.8. The van der Waals surface area contributed by atoms with Crippen LogP contribution in [0.4, 0.5) is 0 Å². The molecule has 0 aromatic carbocycles. The van der Waals surface area contributed by atoms with Gasteiger partial charge < -0.3 is 9.80 Å². The minimum Gasteiger partial charge on any atom is -0.306 e. The maximum absolute atomic E-state index is 2.78. The molecule has 2 aliphatic heterocycles. The molecule has 1 saturated carbocycles. The van der Waals surface area contributed by atoms with E-state index in [0.29, 0.717) is 5.41 Å². The highest BCUT2D eigenvalue weighted by Crippen LogP contribution is 2.51. The van der Waals surface area contributed by atoms with Crippen molar-refractivity contribution in [2.45, 2.75) is 52.0 Å². The van der Waals surface area contributed by atoms with Gasteiger partial charge >= 0.3 is 0 Å². The van der Waals surface area contributed by atoms with E-state index in [0.717, 1.165) is 12.0 Å². The fraction of sp³-hybridized carbons (Fsp3) is 1.00. The summed E-state index contributed by atoms with van der Waals surface area (Å²) in [6, 6.07) is 0.869. The Morgan fingerprint density at radius 2 is 1.57 bits per heavy atom. The third-order valence-electron chi connectivity index (χ3n) is 5.97. The molecule has 0 aromatic rings. The molecule has 0 N–H and O–H groups in total. The van der Waals surface area contributed by atoms with E-state index in [1.54, 1.807) is 0 Å². The molecule has 2 heterocycles. The third-order valence-corrected chi connectivity index (χ3v) is 5.97. The van der Waals surface area contributed by atoms with Gasteiger partial charge in [0.05, 0.1) is 0 Å². The Kier molecular flexibility index (Phi) is 4.92. The van der Waals surface area contributed by atoms with Crippen molar-refractivity contribution in [1.29, 1.82) is 0 Å². The normalized spacial score (nSPS) is 29.1. The Hall–Kier alpha value is -0.120. The van der Waals surface area contributed by atoms with Gasteiger partial charge in [0.2, 0.25) is 0 Å². The Bertz CT molecular complexity index is 321. The van der Waals surface area contributed by atoms with E-state index in [9.17, 15) is 0 Å². The van der Waals surface area contributed by atoms with Gasteiger partial charge in [-0.25, -0.2) is 0 Å². The van der Waals surface area contributed by atoms with Crippen molar-refractivity contribution in [3.63, 3.8) is 0 Å². The summed E-state index contributed by atoms with van der Waals surface area (Å²) >= 11 is 0. The number of piperazine rings is 1. The molecular formula is C18H35N3. The summed E-state index contributed by atoms with van der Waals surface area (Å²) in [5, 5.41) is 0. The fourth-order valence-corrected chi connectivity index (χ4v) is 4.59. The molecule has 122 valence electrons. The monoisotopic (exact) mass is 293 g/mol. The molecule has 3 rings (SSSR count). The molecular weight excluding hydrogens is 258 g/mol. The Morgan fingerprint density at radius 3 is 2.10 bits per heavy atom. The number of likely N-dealkylation sites (tertiary alicyclic amines) is 1. The predicted octanol–water partition coefficient (Wildman–Crippen LogP) is 2.52. The van der Waals surface area contributed by atoms with Crippen molar-refractivity contribution in [2.75, 3.05) is 52.9 Å². The van der Waals surface area contributed by atoms with Gasteiger partial charge in [0.15, 0.2) is 0 Å². The van der Waals surface area contributed by atoms with Crippen LogP contribution in [0.2, 0.25) is 0 Å². The van der Waals surface area contributed by atoms with Crippen LogP contribution in [0.1, 0.15) is 46.0 Å². The van der Waals surface area contributed by atoms with Gasteiger partial charge in [-0.2, -0.15) is 0 Å². The molecule has 0 bridgehead atoms. The molecule has 2 saturated heterocycles. The van der Waals surface area contributed by atoms with Crippen molar-refractivity contribution >= 4 is 0 Å². The summed E-state index contributed by atoms with van der Waals surface area (Å²) in [5.41, 5.74) is 0.712. The lowest BCUT2D eigenvalue weighted by Gasteiger charge is -2.43. The summed E-state index contributed by atoms with van der Waals surface area (Å²) in [5.74, 6) is 0.869. The van der Waals surface area contributed by atoms with Crippen molar-refractivity contribution in [1.82, 2.24) is 14.7 Å². The lowest BCUT2D eigenvalue weighted by atomic mass is 9.93. The minimum atomic E-state index is 0.712. The molecule has 0 spiro atoms. The average Bonchev–Trinajstić information content (AvgIpc) is 3.19. The van der Waals surface area contributed by atoms with Crippen LogP contribution < -0.4 is 0 Å². The van der Waals surface area contributed by atoms with Crippen molar-refractivity contribution in [3.8, 4) is 0 Å². The van der Waals surface area contributed by atoms with E-state index in [1.807, 2.05) is 0 Å². The molecule has 0 atom stereocenters. The van der Waals surface area contributed by atoms with E-state index >= 15 is 0 Å². The van der Waals surface area contributed by atoms with Crippen LogP contribution in [0.25, 0.3) is 0 Å². The second-order valence-electron chi connectivity index (χ2n) is 8.44. The molecule has 0 aromatic heterocycles. The first-order valence-corrected chi connectivity index (χ1v) is 9.21. The Balaban J connectivity index is 1.41. The smallest absolute Gasteiger partial charge is 0.0121 e. The molecule has 21 heavy (non-hydrogen) atoms. The van der Waals surface area contributed by atoms with E-state index in [-0.39, 0.29) is 0 Å². The van der Waals surface area contributed by atoms with Gasteiger partial charge in [-0.05, 0) is 63.6 Å². The average molecular weight is 293 g/mol. The lowest BCUT2D eigenvalue weighted by Crippen LogP contribution is -2.53. The van der Waals surface area contributed by atoms with Gasteiger partial charge in [-0.3, -0.25) is 4.90 Å². The largest absolute Gasteiger partial charge is 0.306 e. The molecule has 3 heteroatoms. The van der Waals surface area contributed by atoms with Crippen LogP contribution in [0.3, 0.4) is 0 Å². The summed E-state index contributed by atoms with van der Waals surface area (Å²) in [6.45, 7) is 14.0. The molecule has 3 aliphatic rings. The first-order chi connectivity index (χ1) is 10.1. The molecule has 0 unspecified atom stereocenters. The zero-order valence-corrected chi connectivity index (χ0v) is 14.5. The number of hydrogen-bond donors (Lipinski definition) is 0. The number of hydrogen-bond acceptors (Lipinski definition) is 3. The van der Waals surface area contributed by atoms with Crippen LogP contribution >= 0.6 is 0 Å². The van der Waals surface area contributed by atoms with Crippen LogP contribution in [0, 0.1) is 11.3 Å². The van der Waals surface area contributed by atoms with Gasteiger partial charge in [0.1, 0.15) is 0 Å². The topological polar surface area (TPSA) is 9.72 Å². The van der Waals surface area contributed by atoms with E-state index < -0.39 is 0 Å². The molecule has 3 fully saturated rings. The second-order valence-corrected chi connectivity index (χ2v) is 8.44. The van der Waals surface area contributed by atoms with E-state index in [4.69, 9.17) is 0 Å². The SMILES string of the molecule is CC(C)CC1(CN2CCN(C3CCN(C)CC3)CC2)CC1. The Morgan fingerprint density at radius 1 is 0.952 bits per heavy atom. The van der Waals surface area contributed by atoms with Crippen LogP contribution in [-0.2, 0) is 0 Å². The number of piperidine rings is 1. The number of nitrogens with zero attached hydrogens (tertiary/aromatic N) is 3. The van der Waals surface area contributed by atoms with Gasteiger partial charge in [0.25, 0.3) is 0 Å². The second kappa shape index (κ2) is 6.55. The highest BCUT2D eigenvalue weighted by Gasteiger charge is 2.44. The van der Waals surface area contributed by atoms with Crippen molar-refractivity contribution < 1.29 is 0 Å². The van der Waals surface area contributed by atoms with E-state index in [2.05, 4.69) is 35.6 Å². The molecule has 0 radical (unpaired) electrons. The van der Waals surface area contributed by atoms with Gasteiger partial charge in [0, 0.05) is 38.8 Å². The van der Waals surface area contributed by atoms with Crippen LogP contribution in [-0.4, -0.2) is 73.6 Å². The van der Waals surface area contributed by atoms with Gasteiger partial charge in [-0.15, -0.1) is 0 Å². The predicted molar refractivity (Wildman–Crippen MR) is 89.7 cm³/mol.